The highest BCUT2D eigenvalue weighted by Gasteiger charge is 2.30. The van der Waals surface area contributed by atoms with E-state index < -0.39 is 24.7 Å². The summed E-state index contributed by atoms with van der Waals surface area (Å²) in [6.07, 6.45) is 1.69. The third-order valence-corrected chi connectivity index (χ3v) is 6.28. The monoisotopic (exact) mass is 512 g/mol. The summed E-state index contributed by atoms with van der Waals surface area (Å²) in [6, 6.07) is 10.8. The van der Waals surface area contributed by atoms with Gasteiger partial charge in [-0.25, -0.2) is 9.37 Å². The zero-order chi connectivity index (χ0) is 26.7. The second kappa shape index (κ2) is 10.8. The molecule has 1 aromatic heterocycles. The average Bonchev–Trinajstić information content (AvgIpc) is 3.66. The summed E-state index contributed by atoms with van der Waals surface area (Å²) < 4.78 is 57.2. The summed E-state index contributed by atoms with van der Waals surface area (Å²) in [5.74, 6) is -0.0490. The highest BCUT2D eigenvalue weighted by molar-refractivity contribution is 5.77. The number of benzene rings is 2. The van der Waals surface area contributed by atoms with Gasteiger partial charge < -0.3 is 15.3 Å². The van der Waals surface area contributed by atoms with Crippen molar-refractivity contribution >= 4 is 12.3 Å². The van der Waals surface area contributed by atoms with E-state index in [0.29, 0.717) is 17.0 Å². The number of rotatable bonds is 9. The lowest BCUT2D eigenvalue weighted by atomic mass is 9.92. The number of hydrogen-bond donors (Lipinski definition) is 2. The molecule has 0 aliphatic heterocycles. The predicted octanol–water partition coefficient (Wildman–Crippen LogP) is 7.26. The largest absolute Gasteiger partial charge is 0.482 e. The molecule has 0 bridgehead atoms. The van der Waals surface area contributed by atoms with Crippen LogP contribution in [0.4, 0.5) is 17.6 Å². The summed E-state index contributed by atoms with van der Waals surface area (Å²) >= 11 is 0. The Morgan fingerprint density at radius 3 is 2.43 bits per heavy atom. The molecule has 2 aromatic carbocycles. The van der Waals surface area contributed by atoms with Crippen molar-refractivity contribution in [2.45, 2.75) is 51.3 Å². The van der Waals surface area contributed by atoms with Crippen LogP contribution in [0.15, 0.2) is 48.5 Å². The molecule has 0 radical (unpaired) electrons. The fourth-order valence-electron chi connectivity index (χ4n) is 4.56. The number of aryl methyl sites for hydroxylation is 2. The van der Waals surface area contributed by atoms with Crippen LogP contribution in [0.5, 0.6) is 5.75 Å². The minimum Gasteiger partial charge on any atom is -0.482 e. The molecule has 4 nitrogen and oxygen atoms in total. The Labute approximate surface area is 213 Å². The molecule has 3 aromatic rings. The Bertz CT molecular complexity index is 1310. The molecule has 1 atom stereocenters. The number of hydrogen-bond acceptors (Lipinski definition) is 4. The number of nitrogens with one attached hydrogen (secondary N) is 1. The van der Waals surface area contributed by atoms with Gasteiger partial charge in [-0.3, -0.25) is 0 Å². The molecule has 1 saturated carbocycles. The van der Waals surface area contributed by atoms with Gasteiger partial charge in [0.1, 0.15) is 17.3 Å². The van der Waals surface area contributed by atoms with Crippen molar-refractivity contribution in [3.8, 4) is 17.0 Å². The SMILES string of the molecule is Cc1cc(C(O)Cc2cc(C)c(C3CC3)c(/C=C\C=N)c2)nc(-c2ccc(F)cc2)c1OCC(F)(F)F. The van der Waals surface area contributed by atoms with Gasteiger partial charge in [-0.05, 0) is 96.8 Å². The molecule has 1 aliphatic rings. The summed E-state index contributed by atoms with van der Waals surface area (Å²) in [4.78, 5) is 4.47. The predicted molar refractivity (Wildman–Crippen MR) is 136 cm³/mol. The van der Waals surface area contributed by atoms with Gasteiger partial charge in [0.15, 0.2) is 6.61 Å². The second-order valence-electron chi connectivity index (χ2n) is 9.39. The van der Waals surface area contributed by atoms with Crippen molar-refractivity contribution < 1.29 is 27.4 Å². The highest BCUT2D eigenvalue weighted by atomic mass is 19.4. The van der Waals surface area contributed by atoms with E-state index in [4.69, 9.17) is 10.1 Å². The third-order valence-electron chi connectivity index (χ3n) is 6.28. The minimum atomic E-state index is -4.54. The Morgan fingerprint density at radius 1 is 1.11 bits per heavy atom. The molecule has 194 valence electrons. The molecule has 2 N–H and O–H groups in total. The molecule has 4 rings (SSSR count). The molecule has 37 heavy (non-hydrogen) atoms. The fraction of sp³-hybridized carbons (Fsp3) is 0.310. The van der Waals surface area contributed by atoms with Crippen LogP contribution >= 0.6 is 0 Å². The van der Waals surface area contributed by atoms with Crippen LogP contribution in [0.2, 0.25) is 0 Å². The number of pyridine rings is 1. The first-order valence-electron chi connectivity index (χ1n) is 12.0. The minimum absolute atomic E-state index is 0.0661. The molecular formula is C29H28F4N2O2. The zero-order valence-corrected chi connectivity index (χ0v) is 20.6. The van der Waals surface area contributed by atoms with Gasteiger partial charge in [-0.15, -0.1) is 0 Å². The van der Waals surface area contributed by atoms with Crippen LogP contribution < -0.4 is 4.74 Å². The Balaban J connectivity index is 1.69. The van der Waals surface area contributed by atoms with Gasteiger partial charge >= 0.3 is 6.18 Å². The molecule has 0 amide bonds. The van der Waals surface area contributed by atoms with E-state index in [-0.39, 0.29) is 23.6 Å². The summed E-state index contributed by atoms with van der Waals surface area (Å²) in [5, 5.41) is 18.4. The smallest absolute Gasteiger partial charge is 0.422 e. The first-order chi connectivity index (χ1) is 17.6. The maximum absolute atomic E-state index is 13.5. The lowest BCUT2D eigenvalue weighted by Crippen LogP contribution is -2.20. The number of halogens is 4. The van der Waals surface area contributed by atoms with Crippen LogP contribution in [0.25, 0.3) is 17.3 Å². The van der Waals surface area contributed by atoms with Gasteiger partial charge in [-0.2, -0.15) is 13.2 Å². The average molecular weight is 513 g/mol. The highest BCUT2D eigenvalue weighted by Crippen LogP contribution is 2.44. The van der Waals surface area contributed by atoms with Gasteiger partial charge in [0.05, 0.1) is 11.8 Å². The number of ether oxygens (including phenoxy) is 1. The van der Waals surface area contributed by atoms with E-state index in [0.717, 1.165) is 29.5 Å². The number of nitrogens with zero attached hydrogens (tertiary/aromatic N) is 1. The molecule has 8 heteroatoms. The maximum atomic E-state index is 13.5. The van der Waals surface area contributed by atoms with E-state index in [9.17, 15) is 22.7 Å². The van der Waals surface area contributed by atoms with Gasteiger partial charge in [-0.1, -0.05) is 18.2 Å². The van der Waals surface area contributed by atoms with Gasteiger partial charge in [0.2, 0.25) is 0 Å². The number of aliphatic hydroxyl groups is 1. The number of aliphatic hydroxyl groups excluding tert-OH is 1. The summed E-state index contributed by atoms with van der Waals surface area (Å²) in [7, 11) is 0. The summed E-state index contributed by atoms with van der Waals surface area (Å²) in [5.41, 5.74) is 5.39. The van der Waals surface area contributed by atoms with E-state index in [2.05, 4.69) is 4.98 Å². The van der Waals surface area contributed by atoms with Crippen LogP contribution in [0, 0.1) is 25.1 Å². The molecule has 1 fully saturated rings. The number of allylic oxidation sites excluding steroid dienone is 1. The van der Waals surface area contributed by atoms with Crippen LogP contribution in [-0.4, -0.2) is 29.1 Å². The quantitative estimate of drug-likeness (QED) is 0.234. The fourth-order valence-corrected chi connectivity index (χ4v) is 4.56. The van der Waals surface area contributed by atoms with Crippen molar-refractivity contribution in [2.75, 3.05) is 6.61 Å². The van der Waals surface area contributed by atoms with E-state index in [1.54, 1.807) is 13.0 Å². The lowest BCUT2D eigenvalue weighted by molar-refractivity contribution is -0.153. The molecule has 1 aliphatic carbocycles. The number of aromatic nitrogens is 1. The van der Waals surface area contributed by atoms with Crippen LogP contribution in [-0.2, 0) is 6.42 Å². The molecule has 0 spiro atoms. The van der Waals surface area contributed by atoms with Crippen molar-refractivity contribution in [2.24, 2.45) is 0 Å². The van der Waals surface area contributed by atoms with Gasteiger partial charge in [0, 0.05) is 18.2 Å². The topological polar surface area (TPSA) is 66.2 Å². The number of alkyl halides is 3. The van der Waals surface area contributed by atoms with Gasteiger partial charge in [0.25, 0.3) is 0 Å². The second-order valence-corrected chi connectivity index (χ2v) is 9.39. The normalized spacial score (nSPS) is 14.7. The third kappa shape index (κ3) is 6.63. The molecule has 0 saturated heterocycles. The summed E-state index contributed by atoms with van der Waals surface area (Å²) in [6.45, 7) is 2.13. The van der Waals surface area contributed by atoms with E-state index >= 15 is 0 Å². The standard InChI is InChI=1S/C29H28F4N2O2/c1-17-12-19(14-22(4-3-11-34)26(17)20-5-6-20)15-25(36)24-13-18(2)28(37-16-29(31,32)33)27(35-24)21-7-9-23(30)10-8-21/h3-4,7-14,20,25,34,36H,5-6,15-16H2,1-2H3/b4-3-,34-11?. The van der Waals surface area contributed by atoms with Crippen molar-refractivity contribution in [1.29, 1.82) is 5.41 Å². The van der Waals surface area contributed by atoms with Crippen molar-refractivity contribution in [3.63, 3.8) is 0 Å². The Morgan fingerprint density at radius 2 is 1.81 bits per heavy atom. The molecule has 1 unspecified atom stereocenters. The Hall–Kier alpha value is -3.52. The van der Waals surface area contributed by atoms with Crippen molar-refractivity contribution in [1.82, 2.24) is 4.98 Å². The maximum Gasteiger partial charge on any atom is 0.422 e. The van der Waals surface area contributed by atoms with Crippen molar-refractivity contribution in [3.05, 3.63) is 87.9 Å². The van der Waals surface area contributed by atoms with Crippen LogP contribution in [0.1, 0.15) is 58.4 Å². The molecule has 1 heterocycles. The first-order valence-corrected chi connectivity index (χ1v) is 12.0. The zero-order valence-electron chi connectivity index (χ0n) is 20.6. The van der Waals surface area contributed by atoms with E-state index in [1.807, 2.05) is 25.1 Å². The van der Waals surface area contributed by atoms with Crippen LogP contribution in [0.3, 0.4) is 0 Å². The first kappa shape index (κ1) is 26.5. The Kier molecular flexibility index (Phi) is 7.78. The molecular weight excluding hydrogens is 484 g/mol. The lowest BCUT2D eigenvalue weighted by Gasteiger charge is -2.19. The van der Waals surface area contributed by atoms with E-state index in [1.165, 1.54) is 42.1 Å².